The molecule has 0 aliphatic rings. The molecule has 0 bridgehead atoms. The molecule has 22 heavy (non-hydrogen) atoms. The lowest BCUT2D eigenvalue weighted by Gasteiger charge is -2.31. The maximum atomic E-state index is 12.8. The van der Waals surface area contributed by atoms with E-state index in [0.29, 0.717) is 12.1 Å². The monoisotopic (exact) mass is 328 g/mol. The number of aliphatic carboxylic acids is 1. The van der Waals surface area contributed by atoms with Crippen LogP contribution in [0.3, 0.4) is 0 Å². The van der Waals surface area contributed by atoms with E-state index in [1.165, 1.54) is 13.8 Å². The lowest BCUT2D eigenvalue weighted by molar-refractivity contribution is -0.147. The predicted molar refractivity (Wildman–Crippen MR) is 66.3 cm³/mol. The van der Waals surface area contributed by atoms with Crippen LogP contribution in [0.5, 0.6) is 0 Å². The zero-order valence-corrected chi connectivity index (χ0v) is 11.9. The summed E-state index contributed by atoms with van der Waals surface area (Å²) in [5.41, 5.74) is -5.45. The van der Waals surface area contributed by atoms with Crippen molar-refractivity contribution in [3.63, 3.8) is 0 Å². The molecule has 124 valence electrons. The summed E-state index contributed by atoms with van der Waals surface area (Å²) >= 11 is 0. The van der Waals surface area contributed by atoms with Crippen molar-refractivity contribution in [3.8, 4) is 0 Å². The lowest BCUT2D eigenvalue weighted by Crippen LogP contribution is -2.38. The normalized spacial score (nSPS) is 15.7. The summed E-state index contributed by atoms with van der Waals surface area (Å²) in [7, 11) is 0. The molecule has 1 atom stereocenters. The van der Waals surface area contributed by atoms with Gasteiger partial charge in [-0.05, 0) is 36.6 Å². The summed E-state index contributed by atoms with van der Waals surface area (Å²) in [6.07, 6.45) is -10.0. The van der Waals surface area contributed by atoms with Gasteiger partial charge < -0.3 is 5.11 Å². The Balaban J connectivity index is 3.71. The molecule has 1 rings (SSSR count). The summed E-state index contributed by atoms with van der Waals surface area (Å²) in [5, 5.41) is 9.28. The first-order valence-corrected chi connectivity index (χ1v) is 6.24. The van der Waals surface area contributed by atoms with Crippen molar-refractivity contribution in [1.82, 2.24) is 0 Å². The SMILES string of the molecule is CC(C)C(C)(C(=O)O)c1cc(C(F)(F)F)cc(C(F)(F)F)c1. The molecule has 0 heterocycles. The lowest BCUT2D eigenvalue weighted by atomic mass is 9.72. The highest BCUT2D eigenvalue weighted by molar-refractivity contribution is 5.81. The van der Waals surface area contributed by atoms with E-state index in [2.05, 4.69) is 0 Å². The molecule has 0 saturated carbocycles. The Morgan fingerprint density at radius 3 is 1.45 bits per heavy atom. The fourth-order valence-electron chi connectivity index (χ4n) is 1.96. The van der Waals surface area contributed by atoms with Crippen LogP contribution < -0.4 is 0 Å². The number of hydrogen-bond donors (Lipinski definition) is 1. The van der Waals surface area contributed by atoms with Gasteiger partial charge >= 0.3 is 18.3 Å². The van der Waals surface area contributed by atoms with E-state index in [1.807, 2.05) is 0 Å². The molecule has 0 amide bonds. The Morgan fingerprint density at radius 2 is 1.23 bits per heavy atom. The number of carboxylic acids is 1. The number of carboxylic acid groups (broad SMARTS) is 1. The summed E-state index contributed by atoms with van der Waals surface area (Å²) in [5.74, 6) is -2.20. The second-order valence-corrected chi connectivity index (χ2v) is 5.46. The molecule has 0 aliphatic heterocycles. The van der Waals surface area contributed by atoms with Crippen molar-refractivity contribution in [3.05, 3.63) is 34.9 Å². The average molecular weight is 328 g/mol. The molecular formula is C14H14F6O2. The van der Waals surface area contributed by atoms with Crippen LogP contribution in [-0.2, 0) is 22.6 Å². The molecule has 1 aromatic carbocycles. The molecule has 0 radical (unpaired) electrons. The van der Waals surface area contributed by atoms with Crippen LogP contribution in [-0.4, -0.2) is 11.1 Å². The molecular weight excluding hydrogens is 314 g/mol. The minimum atomic E-state index is -5.01. The van der Waals surface area contributed by atoms with Crippen LogP contribution in [0.4, 0.5) is 26.3 Å². The Labute approximate surface area is 122 Å². The summed E-state index contributed by atoms with van der Waals surface area (Å²) in [6.45, 7) is 3.94. The Hall–Kier alpha value is -1.73. The largest absolute Gasteiger partial charge is 0.481 e. The van der Waals surface area contributed by atoms with E-state index in [0.717, 1.165) is 6.92 Å². The van der Waals surface area contributed by atoms with Crippen molar-refractivity contribution >= 4 is 5.97 Å². The second kappa shape index (κ2) is 5.48. The summed E-state index contributed by atoms with van der Waals surface area (Å²) in [4.78, 5) is 11.4. The van der Waals surface area contributed by atoms with E-state index >= 15 is 0 Å². The Bertz CT molecular complexity index is 541. The van der Waals surface area contributed by atoms with E-state index < -0.39 is 46.3 Å². The van der Waals surface area contributed by atoms with Crippen LogP contribution in [0.2, 0.25) is 0 Å². The first-order chi connectivity index (χ1) is 9.70. The van der Waals surface area contributed by atoms with Crippen molar-refractivity contribution in [2.75, 3.05) is 0 Å². The molecule has 0 fully saturated rings. The predicted octanol–water partition coefficient (Wildman–Crippen LogP) is 4.72. The molecule has 0 saturated heterocycles. The van der Waals surface area contributed by atoms with Gasteiger partial charge in [0.15, 0.2) is 0 Å². The van der Waals surface area contributed by atoms with Crippen LogP contribution in [0.15, 0.2) is 18.2 Å². The fraction of sp³-hybridized carbons (Fsp3) is 0.500. The van der Waals surface area contributed by atoms with Gasteiger partial charge in [0, 0.05) is 0 Å². The maximum absolute atomic E-state index is 12.8. The Kier molecular flexibility index (Phi) is 4.56. The van der Waals surface area contributed by atoms with Crippen molar-refractivity contribution < 1.29 is 36.2 Å². The van der Waals surface area contributed by atoms with Crippen LogP contribution in [0.25, 0.3) is 0 Å². The van der Waals surface area contributed by atoms with Gasteiger partial charge in [-0.2, -0.15) is 26.3 Å². The number of halogens is 6. The molecule has 0 aromatic heterocycles. The van der Waals surface area contributed by atoms with Gasteiger partial charge in [-0.1, -0.05) is 13.8 Å². The molecule has 1 unspecified atom stereocenters. The quantitative estimate of drug-likeness (QED) is 0.815. The Morgan fingerprint density at radius 1 is 0.909 bits per heavy atom. The van der Waals surface area contributed by atoms with Gasteiger partial charge in [0.25, 0.3) is 0 Å². The molecule has 0 aliphatic carbocycles. The number of rotatable bonds is 3. The zero-order valence-electron chi connectivity index (χ0n) is 11.9. The third-order valence-electron chi connectivity index (χ3n) is 3.79. The van der Waals surface area contributed by atoms with E-state index in [-0.39, 0.29) is 6.07 Å². The first kappa shape index (κ1) is 18.3. The van der Waals surface area contributed by atoms with E-state index in [4.69, 9.17) is 0 Å². The van der Waals surface area contributed by atoms with Gasteiger partial charge in [0.2, 0.25) is 0 Å². The van der Waals surface area contributed by atoms with Crippen molar-refractivity contribution in [2.24, 2.45) is 5.92 Å². The highest BCUT2D eigenvalue weighted by Gasteiger charge is 2.43. The fourth-order valence-corrected chi connectivity index (χ4v) is 1.96. The zero-order chi connectivity index (χ0) is 17.5. The average Bonchev–Trinajstić information content (AvgIpc) is 2.34. The highest BCUT2D eigenvalue weighted by atomic mass is 19.4. The third-order valence-corrected chi connectivity index (χ3v) is 3.79. The standard InChI is InChI=1S/C14H14F6O2/c1-7(2)12(3,11(21)22)8-4-9(13(15,16)17)6-10(5-8)14(18,19)20/h4-7H,1-3H3,(H,21,22). The van der Waals surface area contributed by atoms with Crippen molar-refractivity contribution in [2.45, 2.75) is 38.5 Å². The van der Waals surface area contributed by atoms with Crippen molar-refractivity contribution in [1.29, 1.82) is 0 Å². The van der Waals surface area contributed by atoms with Gasteiger partial charge in [-0.15, -0.1) is 0 Å². The second-order valence-electron chi connectivity index (χ2n) is 5.46. The van der Waals surface area contributed by atoms with E-state index in [1.54, 1.807) is 0 Å². The summed E-state index contributed by atoms with van der Waals surface area (Å²) in [6, 6.07) is 0.902. The van der Waals surface area contributed by atoms with Gasteiger partial charge in [-0.3, -0.25) is 4.79 Å². The first-order valence-electron chi connectivity index (χ1n) is 6.24. The molecule has 2 nitrogen and oxygen atoms in total. The number of benzene rings is 1. The number of alkyl halides is 6. The minimum Gasteiger partial charge on any atom is -0.481 e. The number of hydrogen-bond acceptors (Lipinski definition) is 1. The molecule has 0 spiro atoms. The van der Waals surface area contributed by atoms with Crippen LogP contribution >= 0.6 is 0 Å². The smallest absolute Gasteiger partial charge is 0.416 e. The van der Waals surface area contributed by atoms with E-state index in [9.17, 15) is 36.2 Å². The van der Waals surface area contributed by atoms with Gasteiger partial charge in [0.1, 0.15) is 0 Å². The topological polar surface area (TPSA) is 37.3 Å². The van der Waals surface area contributed by atoms with Crippen LogP contribution in [0, 0.1) is 5.92 Å². The van der Waals surface area contributed by atoms with Crippen LogP contribution in [0.1, 0.15) is 37.5 Å². The summed E-state index contributed by atoms with van der Waals surface area (Å²) < 4.78 is 76.9. The number of carbonyl (C=O) groups is 1. The van der Waals surface area contributed by atoms with Gasteiger partial charge in [0.05, 0.1) is 16.5 Å². The molecule has 1 N–H and O–H groups in total. The highest BCUT2D eigenvalue weighted by Crippen LogP contribution is 2.41. The molecule has 8 heteroatoms. The minimum absolute atomic E-state index is 0.0217. The maximum Gasteiger partial charge on any atom is 0.416 e. The third kappa shape index (κ3) is 3.36. The van der Waals surface area contributed by atoms with Gasteiger partial charge in [-0.25, -0.2) is 0 Å². The molecule has 1 aromatic rings.